The molecule has 94 valence electrons. The molecule has 1 N–H and O–H groups in total. The molecule has 18 heavy (non-hydrogen) atoms. The third kappa shape index (κ3) is 3.52. The molecule has 2 aromatic heterocycles. The number of nitrogens with zero attached hydrogens (tertiary/aromatic N) is 2. The van der Waals surface area contributed by atoms with E-state index >= 15 is 0 Å². The summed E-state index contributed by atoms with van der Waals surface area (Å²) < 4.78 is 0. The first-order chi connectivity index (χ1) is 8.63. The predicted octanol–water partition coefficient (Wildman–Crippen LogP) is 1.95. The normalized spacial score (nSPS) is 10.8. The van der Waals surface area contributed by atoms with Gasteiger partial charge in [-0.3, -0.25) is 9.78 Å². The topological polar surface area (TPSA) is 58.6 Å². The van der Waals surface area contributed by atoms with Crippen LogP contribution >= 0.6 is 0 Å². The first-order valence-electron chi connectivity index (χ1n) is 6.12. The van der Waals surface area contributed by atoms with Gasteiger partial charge in [0.2, 0.25) is 0 Å². The van der Waals surface area contributed by atoms with Gasteiger partial charge in [-0.1, -0.05) is 19.9 Å². The van der Waals surface area contributed by atoms with Crippen LogP contribution in [-0.2, 0) is 12.8 Å². The van der Waals surface area contributed by atoms with Crippen molar-refractivity contribution < 1.29 is 0 Å². The fraction of sp³-hybridized carbons (Fsp3) is 0.357. The number of hydrogen-bond acceptors (Lipinski definition) is 3. The minimum absolute atomic E-state index is 0.0911. The van der Waals surface area contributed by atoms with Crippen LogP contribution in [0, 0.1) is 5.92 Å². The SMILES string of the molecule is CC(C)Cc1cc(=O)[nH]c(Cc2ccccn2)n1. The minimum Gasteiger partial charge on any atom is -0.310 e. The predicted molar refractivity (Wildman–Crippen MR) is 70.4 cm³/mol. The number of H-pyrrole nitrogens is 1. The Kier molecular flexibility index (Phi) is 3.87. The first-order valence-corrected chi connectivity index (χ1v) is 6.12. The average molecular weight is 243 g/mol. The minimum atomic E-state index is -0.0911. The summed E-state index contributed by atoms with van der Waals surface area (Å²) in [5.41, 5.74) is 1.66. The van der Waals surface area contributed by atoms with Crippen molar-refractivity contribution in [2.24, 2.45) is 5.92 Å². The lowest BCUT2D eigenvalue weighted by molar-refractivity contribution is 0.629. The van der Waals surface area contributed by atoms with Crippen LogP contribution in [0.25, 0.3) is 0 Å². The largest absolute Gasteiger partial charge is 0.310 e. The van der Waals surface area contributed by atoms with Crippen molar-refractivity contribution in [3.63, 3.8) is 0 Å². The summed E-state index contributed by atoms with van der Waals surface area (Å²) >= 11 is 0. The third-order valence-corrected chi connectivity index (χ3v) is 2.54. The van der Waals surface area contributed by atoms with Gasteiger partial charge in [-0.25, -0.2) is 4.98 Å². The zero-order chi connectivity index (χ0) is 13.0. The van der Waals surface area contributed by atoms with Gasteiger partial charge in [0.15, 0.2) is 0 Å². The Hall–Kier alpha value is -1.97. The van der Waals surface area contributed by atoms with Crippen LogP contribution in [0.15, 0.2) is 35.3 Å². The summed E-state index contributed by atoms with van der Waals surface area (Å²) in [6.45, 7) is 4.22. The Balaban J connectivity index is 2.23. The number of hydrogen-bond donors (Lipinski definition) is 1. The summed E-state index contributed by atoms with van der Waals surface area (Å²) in [5, 5.41) is 0. The van der Waals surface area contributed by atoms with Crippen LogP contribution in [0.2, 0.25) is 0 Å². The van der Waals surface area contributed by atoms with E-state index in [9.17, 15) is 4.79 Å². The molecule has 0 spiro atoms. The maximum absolute atomic E-state index is 11.6. The molecule has 0 radical (unpaired) electrons. The second kappa shape index (κ2) is 5.58. The van der Waals surface area contributed by atoms with Gasteiger partial charge >= 0.3 is 0 Å². The van der Waals surface area contributed by atoms with Crippen molar-refractivity contribution in [1.82, 2.24) is 15.0 Å². The Morgan fingerprint density at radius 1 is 1.28 bits per heavy atom. The smallest absolute Gasteiger partial charge is 0.251 e. The highest BCUT2D eigenvalue weighted by molar-refractivity contribution is 5.12. The molecular formula is C14H17N3O. The standard InChI is InChI=1S/C14H17N3O/c1-10(2)7-12-9-14(18)17-13(16-12)8-11-5-3-4-6-15-11/h3-6,9-10H,7-8H2,1-2H3,(H,16,17,18). The molecule has 2 aromatic rings. The monoisotopic (exact) mass is 243 g/mol. The van der Waals surface area contributed by atoms with Gasteiger partial charge in [-0.05, 0) is 24.5 Å². The van der Waals surface area contributed by atoms with E-state index in [1.54, 1.807) is 12.3 Å². The number of rotatable bonds is 4. The third-order valence-electron chi connectivity index (χ3n) is 2.54. The van der Waals surface area contributed by atoms with Crippen molar-refractivity contribution in [2.75, 3.05) is 0 Å². The van der Waals surface area contributed by atoms with Crippen molar-refractivity contribution in [3.05, 3.63) is 58.0 Å². The van der Waals surface area contributed by atoms with Gasteiger partial charge in [0.05, 0.1) is 0 Å². The molecule has 0 aliphatic carbocycles. The zero-order valence-electron chi connectivity index (χ0n) is 10.7. The van der Waals surface area contributed by atoms with Gasteiger partial charge in [0.25, 0.3) is 5.56 Å². The lowest BCUT2D eigenvalue weighted by Gasteiger charge is -2.06. The van der Waals surface area contributed by atoms with Crippen molar-refractivity contribution in [2.45, 2.75) is 26.7 Å². The molecule has 4 heteroatoms. The van der Waals surface area contributed by atoms with Gasteiger partial charge in [0, 0.05) is 30.1 Å². The van der Waals surface area contributed by atoms with Crippen LogP contribution in [0.5, 0.6) is 0 Å². The lowest BCUT2D eigenvalue weighted by Crippen LogP contribution is -2.14. The summed E-state index contributed by atoms with van der Waals surface area (Å²) in [6, 6.07) is 7.30. The zero-order valence-corrected chi connectivity index (χ0v) is 10.7. The highest BCUT2D eigenvalue weighted by atomic mass is 16.1. The summed E-state index contributed by atoms with van der Waals surface area (Å²) in [6.07, 6.45) is 3.12. The van der Waals surface area contributed by atoms with Crippen LogP contribution in [0.4, 0.5) is 0 Å². The molecule has 0 unspecified atom stereocenters. The van der Waals surface area contributed by atoms with Crippen LogP contribution in [-0.4, -0.2) is 15.0 Å². The molecule has 4 nitrogen and oxygen atoms in total. The first kappa shape index (κ1) is 12.5. The van der Waals surface area contributed by atoms with E-state index in [2.05, 4.69) is 28.8 Å². The van der Waals surface area contributed by atoms with E-state index in [-0.39, 0.29) is 5.56 Å². The maximum Gasteiger partial charge on any atom is 0.251 e. The Labute approximate surface area is 106 Å². The van der Waals surface area contributed by atoms with Crippen molar-refractivity contribution in [1.29, 1.82) is 0 Å². The highest BCUT2D eigenvalue weighted by Crippen LogP contribution is 2.05. The molecule has 0 atom stereocenters. The fourth-order valence-electron chi connectivity index (χ4n) is 1.84. The Morgan fingerprint density at radius 2 is 2.11 bits per heavy atom. The summed E-state index contributed by atoms with van der Waals surface area (Å²) in [4.78, 5) is 23.0. The Bertz CT molecular complexity index is 561. The number of pyridine rings is 1. The number of aromatic nitrogens is 3. The van der Waals surface area contributed by atoms with Crippen LogP contribution < -0.4 is 5.56 Å². The molecular weight excluding hydrogens is 226 g/mol. The van der Waals surface area contributed by atoms with Gasteiger partial charge in [-0.2, -0.15) is 0 Å². The molecule has 0 bridgehead atoms. The molecule has 0 aromatic carbocycles. The second-order valence-corrected chi connectivity index (χ2v) is 4.78. The van der Waals surface area contributed by atoms with Gasteiger partial charge < -0.3 is 4.98 Å². The van der Waals surface area contributed by atoms with E-state index in [0.29, 0.717) is 18.2 Å². The lowest BCUT2D eigenvalue weighted by atomic mass is 10.1. The molecule has 2 rings (SSSR count). The fourth-order valence-corrected chi connectivity index (χ4v) is 1.84. The van der Waals surface area contributed by atoms with E-state index in [4.69, 9.17) is 0 Å². The Morgan fingerprint density at radius 3 is 2.78 bits per heavy atom. The highest BCUT2D eigenvalue weighted by Gasteiger charge is 2.05. The van der Waals surface area contributed by atoms with Crippen LogP contribution in [0.3, 0.4) is 0 Å². The van der Waals surface area contributed by atoms with Gasteiger partial charge in [-0.15, -0.1) is 0 Å². The summed E-state index contributed by atoms with van der Waals surface area (Å²) in [5.74, 6) is 1.17. The average Bonchev–Trinajstić information content (AvgIpc) is 2.28. The quantitative estimate of drug-likeness (QED) is 0.893. The van der Waals surface area contributed by atoms with Crippen molar-refractivity contribution >= 4 is 0 Å². The molecule has 0 saturated heterocycles. The van der Waals surface area contributed by atoms with Crippen molar-refractivity contribution in [3.8, 4) is 0 Å². The van der Waals surface area contributed by atoms with E-state index in [1.807, 2.05) is 18.2 Å². The molecule has 0 amide bonds. The van der Waals surface area contributed by atoms with E-state index in [0.717, 1.165) is 17.8 Å². The molecule has 2 heterocycles. The second-order valence-electron chi connectivity index (χ2n) is 4.78. The molecule has 0 fully saturated rings. The maximum atomic E-state index is 11.6. The van der Waals surface area contributed by atoms with E-state index < -0.39 is 0 Å². The summed E-state index contributed by atoms with van der Waals surface area (Å²) in [7, 11) is 0. The number of aromatic amines is 1. The van der Waals surface area contributed by atoms with E-state index in [1.165, 1.54) is 0 Å². The number of nitrogens with one attached hydrogen (secondary N) is 1. The van der Waals surface area contributed by atoms with Crippen LogP contribution in [0.1, 0.15) is 31.1 Å². The molecule has 0 aliphatic heterocycles. The van der Waals surface area contributed by atoms with Gasteiger partial charge in [0.1, 0.15) is 5.82 Å². The molecule has 0 saturated carbocycles. The molecule has 0 aliphatic rings.